The second kappa shape index (κ2) is 5.98. The minimum atomic E-state index is 0.299. The number of piperazine rings is 1. The minimum Gasteiger partial charge on any atom is -0.368 e. The van der Waals surface area contributed by atoms with E-state index in [2.05, 4.69) is 54.6 Å². The lowest BCUT2D eigenvalue weighted by Crippen LogP contribution is -2.60. The number of anilines is 1. The maximum absolute atomic E-state index is 3.71. The molecule has 0 unspecified atom stereocenters. The van der Waals surface area contributed by atoms with Gasteiger partial charge in [-0.05, 0) is 37.3 Å². The van der Waals surface area contributed by atoms with Crippen LogP contribution in [0.3, 0.4) is 0 Å². The summed E-state index contributed by atoms with van der Waals surface area (Å²) in [6.07, 6.45) is 4.53. The Morgan fingerprint density at radius 3 is 2.78 bits per heavy atom. The zero-order valence-electron chi connectivity index (χ0n) is 11.7. The molecule has 0 aliphatic carbocycles. The Morgan fingerprint density at radius 2 is 2.11 bits per heavy atom. The predicted octanol–water partition coefficient (Wildman–Crippen LogP) is 3.38. The van der Waals surface area contributed by atoms with E-state index in [9.17, 15) is 0 Å². The van der Waals surface area contributed by atoms with Crippen LogP contribution in [-0.2, 0) is 0 Å². The molecule has 1 saturated heterocycles. The number of hydrogen-bond acceptors (Lipinski definition) is 3. The molecule has 0 spiro atoms. The zero-order valence-corrected chi connectivity index (χ0v) is 12.5. The van der Waals surface area contributed by atoms with Crippen molar-refractivity contribution < 1.29 is 0 Å². The van der Waals surface area contributed by atoms with Crippen LogP contribution in [0, 0.1) is 0 Å². The Labute approximate surface area is 115 Å². The highest BCUT2D eigenvalue weighted by Gasteiger charge is 2.31. The van der Waals surface area contributed by atoms with Crippen molar-refractivity contribution in [3.8, 4) is 0 Å². The highest BCUT2D eigenvalue weighted by Crippen LogP contribution is 2.27. The molecule has 1 heterocycles. The van der Waals surface area contributed by atoms with E-state index < -0.39 is 0 Å². The van der Waals surface area contributed by atoms with E-state index in [1.165, 1.54) is 23.4 Å². The fourth-order valence-corrected chi connectivity index (χ4v) is 3.16. The maximum Gasteiger partial charge on any atom is 0.0378 e. The molecule has 0 atom stereocenters. The summed E-state index contributed by atoms with van der Waals surface area (Å²) in [5, 5.41) is 3.71. The normalized spacial score (nSPS) is 18.9. The van der Waals surface area contributed by atoms with E-state index in [1.54, 1.807) is 0 Å². The van der Waals surface area contributed by atoms with Crippen LogP contribution < -0.4 is 10.2 Å². The summed E-state index contributed by atoms with van der Waals surface area (Å²) in [6, 6.07) is 8.90. The van der Waals surface area contributed by atoms with Crippen molar-refractivity contribution in [2.24, 2.45) is 0 Å². The predicted molar refractivity (Wildman–Crippen MR) is 81.8 cm³/mol. The standard InChI is InChI=1S/C15H24N2S/c1-4-15(5-2)12-17(10-9-16-15)13-7-6-8-14(11-13)18-3/h6-8,11,16H,4-5,9-10,12H2,1-3H3. The van der Waals surface area contributed by atoms with Gasteiger partial charge in [-0.25, -0.2) is 0 Å². The van der Waals surface area contributed by atoms with Crippen molar-refractivity contribution in [3.63, 3.8) is 0 Å². The van der Waals surface area contributed by atoms with Gasteiger partial charge in [-0.15, -0.1) is 11.8 Å². The highest BCUT2D eigenvalue weighted by molar-refractivity contribution is 7.98. The average Bonchev–Trinajstić information content (AvgIpc) is 2.47. The SMILES string of the molecule is CCC1(CC)CN(c2cccc(SC)c2)CCN1. The van der Waals surface area contributed by atoms with Gasteiger partial charge < -0.3 is 10.2 Å². The monoisotopic (exact) mass is 264 g/mol. The van der Waals surface area contributed by atoms with E-state index in [0.29, 0.717) is 5.54 Å². The van der Waals surface area contributed by atoms with Gasteiger partial charge in [0.1, 0.15) is 0 Å². The van der Waals surface area contributed by atoms with Gasteiger partial charge in [0, 0.05) is 35.8 Å². The van der Waals surface area contributed by atoms with Crippen molar-refractivity contribution >= 4 is 17.4 Å². The molecule has 3 heteroatoms. The van der Waals surface area contributed by atoms with Crippen LogP contribution in [-0.4, -0.2) is 31.4 Å². The van der Waals surface area contributed by atoms with Crippen LogP contribution in [0.2, 0.25) is 0 Å². The lowest BCUT2D eigenvalue weighted by atomic mass is 9.90. The Balaban J connectivity index is 2.17. The van der Waals surface area contributed by atoms with Crippen LogP contribution in [0.4, 0.5) is 5.69 Å². The molecule has 1 N–H and O–H groups in total. The van der Waals surface area contributed by atoms with Gasteiger partial charge in [0.2, 0.25) is 0 Å². The molecule has 0 aromatic heterocycles. The van der Waals surface area contributed by atoms with Crippen LogP contribution >= 0.6 is 11.8 Å². The largest absolute Gasteiger partial charge is 0.368 e. The summed E-state index contributed by atoms with van der Waals surface area (Å²) in [5.74, 6) is 0. The third kappa shape index (κ3) is 2.83. The molecule has 1 aliphatic heterocycles. The molecule has 1 aliphatic rings. The van der Waals surface area contributed by atoms with Gasteiger partial charge in [0.15, 0.2) is 0 Å². The molecule has 0 radical (unpaired) electrons. The molecule has 0 amide bonds. The number of rotatable bonds is 4. The van der Waals surface area contributed by atoms with Crippen molar-refractivity contribution in [2.75, 3.05) is 30.8 Å². The lowest BCUT2D eigenvalue weighted by molar-refractivity contribution is 0.277. The topological polar surface area (TPSA) is 15.3 Å². The quantitative estimate of drug-likeness (QED) is 0.839. The van der Waals surface area contributed by atoms with Gasteiger partial charge in [-0.2, -0.15) is 0 Å². The molecule has 0 bridgehead atoms. The van der Waals surface area contributed by atoms with E-state index in [0.717, 1.165) is 19.6 Å². The molecule has 2 rings (SSSR count). The molecule has 1 aromatic carbocycles. The third-order valence-corrected chi connectivity index (χ3v) is 4.87. The lowest BCUT2D eigenvalue weighted by Gasteiger charge is -2.44. The Morgan fingerprint density at radius 1 is 1.33 bits per heavy atom. The van der Waals surface area contributed by atoms with E-state index in [4.69, 9.17) is 0 Å². The molecule has 100 valence electrons. The number of thioether (sulfide) groups is 1. The maximum atomic E-state index is 3.71. The Bertz CT molecular complexity index is 388. The van der Waals surface area contributed by atoms with Gasteiger partial charge >= 0.3 is 0 Å². The minimum absolute atomic E-state index is 0.299. The average molecular weight is 264 g/mol. The van der Waals surface area contributed by atoms with Gasteiger partial charge in [-0.3, -0.25) is 0 Å². The second-order valence-electron chi connectivity index (χ2n) is 5.04. The van der Waals surface area contributed by atoms with E-state index in [1.807, 2.05) is 11.8 Å². The van der Waals surface area contributed by atoms with E-state index >= 15 is 0 Å². The summed E-state index contributed by atoms with van der Waals surface area (Å²) >= 11 is 1.82. The summed E-state index contributed by atoms with van der Waals surface area (Å²) < 4.78 is 0. The fraction of sp³-hybridized carbons (Fsp3) is 0.600. The second-order valence-corrected chi connectivity index (χ2v) is 5.92. The first-order chi connectivity index (χ1) is 8.73. The molecule has 18 heavy (non-hydrogen) atoms. The Kier molecular flexibility index (Phi) is 4.57. The van der Waals surface area contributed by atoms with Crippen LogP contribution in [0.1, 0.15) is 26.7 Å². The number of nitrogens with one attached hydrogen (secondary N) is 1. The summed E-state index contributed by atoms with van der Waals surface area (Å²) in [7, 11) is 0. The highest BCUT2D eigenvalue weighted by atomic mass is 32.2. The van der Waals surface area contributed by atoms with Crippen molar-refractivity contribution in [1.82, 2.24) is 5.32 Å². The molecule has 1 fully saturated rings. The summed E-state index contributed by atoms with van der Waals surface area (Å²) in [6.45, 7) is 7.90. The van der Waals surface area contributed by atoms with Gasteiger partial charge in [0.05, 0.1) is 0 Å². The number of hydrogen-bond donors (Lipinski definition) is 1. The number of benzene rings is 1. The molecule has 1 aromatic rings. The summed E-state index contributed by atoms with van der Waals surface area (Å²) in [4.78, 5) is 3.88. The first kappa shape index (κ1) is 13.8. The van der Waals surface area contributed by atoms with Crippen molar-refractivity contribution in [3.05, 3.63) is 24.3 Å². The number of nitrogens with zero attached hydrogens (tertiary/aromatic N) is 1. The van der Waals surface area contributed by atoms with Gasteiger partial charge in [0.25, 0.3) is 0 Å². The molecule has 2 nitrogen and oxygen atoms in total. The first-order valence-corrected chi connectivity index (χ1v) is 8.09. The fourth-order valence-electron chi connectivity index (χ4n) is 2.71. The van der Waals surface area contributed by atoms with Crippen LogP contribution in [0.15, 0.2) is 29.2 Å². The Hall–Kier alpha value is -0.670. The van der Waals surface area contributed by atoms with Crippen LogP contribution in [0.5, 0.6) is 0 Å². The van der Waals surface area contributed by atoms with Crippen molar-refractivity contribution in [1.29, 1.82) is 0 Å². The first-order valence-electron chi connectivity index (χ1n) is 6.87. The third-order valence-electron chi connectivity index (χ3n) is 4.15. The van der Waals surface area contributed by atoms with Crippen molar-refractivity contribution in [2.45, 2.75) is 37.1 Å². The molecular formula is C15H24N2S. The smallest absolute Gasteiger partial charge is 0.0378 e. The van der Waals surface area contributed by atoms with Gasteiger partial charge in [-0.1, -0.05) is 19.9 Å². The molecule has 0 saturated carbocycles. The molecular weight excluding hydrogens is 240 g/mol. The van der Waals surface area contributed by atoms with Crippen LogP contribution in [0.25, 0.3) is 0 Å². The zero-order chi connectivity index (χ0) is 13.0. The van der Waals surface area contributed by atoms with E-state index in [-0.39, 0.29) is 0 Å². The summed E-state index contributed by atoms with van der Waals surface area (Å²) in [5.41, 5.74) is 1.67.